The Balaban J connectivity index is 1.62. The highest BCUT2D eigenvalue weighted by atomic mass is 16.5. The van der Waals surface area contributed by atoms with Crippen molar-refractivity contribution in [3.63, 3.8) is 0 Å². The average Bonchev–Trinajstić information content (AvgIpc) is 3.14. The first-order valence-electron chi connectivity index (χ1n) is 8.64. The number of hydrogen-bond acceptors (Lipinski definition) is 3. The van der Waals surface area contributed by atoms with Crippen LogP contribution in [0.15, 0.2) is 43.0 Å². The zero-order valence-electron chi connectivity index (χ0n) is 14.2. The largest absolute Gasteiger partial charge is 0.497 e. The van der Waals surface area contributed by atoms with Gasteiger partial charge in [0.25, 0.3) is 0 Å². The lowest BCUT2D eigenvalue weighted by molar-refractivity contribution is -0.134. The van der Waals surface area contributed by atoms with E-state index in [1.807, 2.05) is 36.8 Å². The monoisotopic (exact) mass is 327 g/mol. The molecule has 0 spiro atoms. The van der Waals surface area contributed by atoms with E-state index in [0.717, 1.165) is 43.7 Å². The molecule has 1 aliphatic rings. The van der Waals surface area contributed by atoms with E-state index in [1.165, 1.54) is 6.42 Å². The van der Waals surface area contributed by atoms with Gasteiger partial charge in [-0.3, -0.25) is 4.79 Å². The molecular formula is C19H25N3O2. The molecule has 0 radical (unpaired) electrons. The summed E-state index contributed by atoms with van der Waals surface area (Å²) in [5, 5.41) is 0. The van der Waals surface area contributed by atoms with Crippen LogP contribution < -0.4 is 4.74 Å². The molecule has 1 amide bonds. The van der Waals surface area contributed by atoms with Crippen molar-refractivity contribution in [3.05, 3.63) is 48.5 Å². The molecule has 128 valence electrons. The number of ether oxygens (including phenoxy) is 1. The lowest BCUT2D eigenvalue weighted by Crippen LogP contribution is -2.44. The Labute approximate surface area is 143 Å². The van der Waals surface area contributed by atoms with Gasteiger partial charge in [0.15, 0.2) is 0 Å². The first-order chi connectivity index (χ1) is 11.8. The molecule has 5 heteroatoms. The van der Waals surface area contributed by atoms with Gasteiger partial charge < -0.3 is 14.2 Å². The van der Waals surface area contributed by atoms with Crippen molar-refractivity contribution in [3.8, 4) is 5.75 Å². The number of benzene rings is 1. The maximum atomic E-state index is 12.8. The molecule has 1 unspecified atom stereocenters. The molecule has 1 saturated heterocycles. The number of imidazole rings is 1. The van der Waals surface area contributed by atoms with Crippen LogP contribution in [0, 0.1) is 0 Å². The zero-order valence-corrected chi connectivity index (χ0v) is 14.2. The number of hydrogen-bond donors (Lipinski definition) is 0. The minimum absolute atomic E-state index is 0.221. The molecule has 0 aliphatic carbocycles. The number of carbonyl (C=O) groups excluding carboxylic acids is 1. The minimum Gasteiger partial charge on any atom is -0.497 e. The summed E-state index contributed by atoms with van der Waals surface area (Å²) in [6.45, 7) is 1.78. The number of nitrogens with zero attached hydrogens (tertiary/aromatic N) is 3. The van der Waals surface area contributed by atoms with Crippen molar-refractivity contribution in [1.29, 1.82) is 0 Å². The summed E-state index contributed by atoms with van der Waals surface area (Å²) in [4.78, 5) is 19.0. The second-order valence-electron chi connectivity index (χ2n) is 6.35. The Hall–Kier alpha value is -2.30. The topological polar surface area (TPSA) is 47.4 Å². The van der Waals surface area contributed by atoms with Crippen molar-refractivity contribution in [2.24, 2.45) is 0 Å². The van der Waals surface area contributed by atoms with E-state index >= 15 is 0 Å². The molecule has 0 bridgehead atoms. The van der Waals surface area contributed by atoms with Gasteiger partial charge in [0.1, 0.15) is 5.75 Å². The van der Waals surface area contributed by atoms with Gasteiger partial charge in [-0.2, -0.15) is 0 Å². The van der Waals surface area contributed by atoms with Crippen LogP contribution in [-0.2, 0) is 17.8 Å². The molecule has 5 nitrogen and oxygen atoms in total. The summed E-state index contributed by atoms with van der Waals surface area (Å²) in [6, 6.07) is 8.11. The van der Waals surface area contributed by atoms with Crippen LogP contribution in [0.25, 0.3) is 0 Å². The SMILES string of the molecule is COc1cccc(CC(=O)N2CCCCC2CCn2ccnc2)c1. The fourth-order valence-electron chi connectivity index (χ4n) is 3.40. The lowest BCUT2D eigenvalue weighted by atomic mass is 9.98. The van der Waals surface area contributed by atoms with E-state index in [1.54, 1.807) is 13.3 Å². The van der Waals surface area contributed by atoms with Gasteiger partial charge >= 0.3 is 0 Å². The summed E-state index contributed by atoms with van der Waals surface area (Å²) < 4.78 is 7.33. The third kappa shape index (κ3) is 4.16. The van der Waals surface area contributed by atoms with Crippen LogP contribution in [0.1, 0.15) is 31.2 Å². The normalized spacial score (nSPS) is 17.7. The number of aryl methyl sites for hydroxylation is 1. The van der Waals surface area contributed by atoms with E-state index in [4.69, 9.17) is 4.74 Å². The van der Waals surface area contributed by atoms with Crippen LogP contribution in [0.2, 0.25) is 0 Å². The number of piperidine rings is 1. The van der Waals surface area contributed by atoms with E-state index in [-0.39, 0.29) is 5.91 Å². The maximum absolute atomic E-state index is 12.8. The molecule has 1 aromatic carbocycles. The van der Waals surface area contributed by atoms with Gasteiger partial charge in [-0.25, -0.2) is 4.98 Å². The Bertz CT molecular complexity index is 654. The fraction of sp³-hybridized carbons (Fsp3) is 0.474. The standard InChI is InChI=1S/C19H25N3O2/c1-24-18-7-4-5-16(13-18)14-19(23)22-10-3-2-6-17(22)8-11-21-12-9-20-15-21/h4-5,7,9,12-13,15,17H,2-3,6,8,10-11,14H2,1H3. The number of carbonyl (C=O) groups is 1. The summed E-state index contributed by atoms with van der Waals surface area (Å²) in [5.74, 6) is 1.02. The van der Waals surface area contributed by atoms with Gasteiger partial charge in [0.2, 0.25) is 5.91 Å². The molecule has 1 atom stereocenters. The molecule has 1 fully saturated rings. The zero-order chi connectivity index (χ0) is 16.8. The number of amides is 1. The van der Waals surface area contributed by atoms with Crippen molar-refractivity contribution < 1.29 is 9.53 Å². The highest BCUT2D eigenvalue weighted by molar-refractivity contribution is 5.79. The predicted octanol–water partition coefficient (Wildman–Crippen LogP) is 2.91. The maximum Gasteiger partial charge on any atom is 0.227 e. The molecule has 0 saturated carbocycles. The van der Waals surface area contributed by atoms with Crippen LogP contribution in [0.5, 0.6) is 5.75 Å². The van der Waals surface area contributed by atoms with Crippen LogP contribution in [0.3, 0.4) is 0 Å². The summed E-state index contributed by atoms with van der Waals surface area (Å²) in [6.07, 6.45) is 10.4. The highest BCUT2D eigenvalue weighted by Crippen LogP contribution is 2.22. The molecule has 3 rings (SSSR count). The Morgan fingerprint density at radius 3 is 3.08 bits per heavy atom. The Kier molecular flexibility index (Phi) is 5.51. The Morgan fingerprint density at radius 1 is 1.38 bits per heavy atom. The quantitative estimate of drug-likeness (QED) is 0.819. The third-order valence-corrected chi connectivity index (χ3v) is 4.72. The summed E-state index contributed by atoms with van der Waals surface area (Å²) in [5.41, 5.74) is 1.01. The number of rotatable bonds is 6. The molecule has 2 aromatic rings. The molecule has 0 N–H and O–H groups in total. The first kappa shape index (κ1) is 16.6. The van der Waals surface area contributed by atoms with Crippen molar-refractivity contribution in [2.75, 3.05) is 13.7 Å². The molecule has 1 aromatic heterocycles. The smallest absolute Gasteiger partial charge is 0.227 e. The van der Waals surface area contributed by atoms with Gasteiger partial charge in [-0.05, 0) is 43.4 Å². The fourth-order valence-corrected chi connectivity index (χ4v) is 3.40. The van der Waals surface area contributed by atoms with Gasteiger partial charge in [0.05, 0.1) is 19.9 Å². The first-order valence-corrected chi connectivity index (χ1v) is 8.64. The van der Waals surface area contributed by atoms with Gasteiger partial charge in [-0.15, -0.1) is 0 Å². The van der Waals surface area contributed by atoms with Crippen LogP contribution in [0.4, 0.5) is 0 Å². The lowest BCUT2D eigenvalue weighted by Gasteiger charge is -2.36. The second kappa shape index (κ2) is 7.99. The van der Waals surface area contributed by atoms with E-state index < -0.39 is 0 Å². The van der Waals surface area contributed by atoms with Gasteiger partial charge in [-0.1, -0.05) is 12.1 Å². The number of aromatic nitrogens is 2. The van der Waals surface area contributed by atoms with Crippen LogP contribution in [-0.4, -0.2) is 40.1 Å². The van der Waals surface area contributed by atoms with Crippen molar-refractivity contribution in [2.45, 2.75) is 44.7 Å². The van der Waals surface area contributed by atoms with Gasteiger partial charge in [0, 0.05) is 31.5 Å². The highest BCUT2D eigenvalue weighted by Gasteiger charge is 2.26. The average molecular weight is 327 g/mol. The van der Waals surface area contributed by atoms with E-state index in [9.17, 15) is 4.79 Å². The number of likely N-dealkylation sites (tertiary alicyclic amines) is 1. The van der Waals surface area contributed by atoms with E-state index in [2.05, 4.69) is 14.5 Å². The minimum atomic E-state index is 0.221. The Morgan fingerprint density at radius 2 is 2.29 bits per heavy atom. The molecule has 2 heterocycles. The van der Waals surface area contributed by atoms with Crippen molar-refractivity contribution in [1.82, 2.24) is 14.5 Å². The third-order valence-electron chi connectivity index (χ3n) is 4.72. The van der Waals surface area contributed by atoms with Crippen LogP contribution >= 0.6 is 0 Å². The molecule has 1 aliphatic heterocycles. The molecule has 24 heavy (non-hydrogen) atoms. The van der Waals surface area contributed by atoms with E-state index in [0.29, 0.717) is 12.5 Å². The predicted molar refractivity (Wildman–Crippen MR) is 92.9 cm³/mol. The second-order valence-corrected chi connectivity index (χ2v) is 6.35. The van der Waals surface area contributed by atoms with Crippen molar-refractivity contribution >= 4 is 5.91 Å². The number of methoxy groups -OCH3 is 1. The summed E-state index contributed by atoms with van der Waals surface area (Å²) in [7, 11) is 1.65. The molecular weight excluding hydrogens is 302 g/mol. The summed E-state index contributed by atoms with van der Waals surface area (Å²) >= 11 is 0.